The Morgan fingerprint density at radius 1 is 1.26 bits per heavy atom. The van der Waals surface area contributed by atoms with Crippen molar-refractivity contribution in [1.82, 2.24) is 0 Å². The van der Waals surface area contributed by atoms with Crippen LogP contribution in [0.2, 0.25) is 10.0 Å². The van der Waals surface area contributed by atoms with Gasteiger partial charge in [-0.3, -0.25) is 4.79 Å². The molecule has 0 saturated carbocycles. The Morgan fingerprint density at radius 2 is 1.96 bits per heavy atom. The van der Waals surface area contributed by atoms with Crippen molar-refractivity contribution in [3.63, 3.8) is 0 Å². The summed E-state index contributed by atoms with van der Waals surface area (Å²) in [4.78, 5) is 30.4. The molecular weight excluding hydrogens is 391 g/mol. The topological polar surface area (TPSA) is 68.2 Å². The highest BCUT2D eigenvalue weighted by Crippen LogP contribution is 2.34. The van der Waals surface area contributed by atoms with Crippen LogP contribution in [0.1, 0.15) is 27.2 Å². The summed E-state index contributed by atoms with van der Waals surface area (Å²) >= 11 is 12.3. The van der Waals surface area contributed by atoms with E-state index in [1.165, 1.54) is 6.08 Å². The molecule has 1 heterocycles. The first kappa shape index (κ1) is 21.3. The Bertz CT molecular complexity index is 777. The average molecular weight is 413 g/mol. The van der Waals surface area contributed by atoms with Crippen molar-refractivity contribution >= 4 is 46.7 Å². The molecule has 0 aliphatic carbocycles. The molecule has 0 N–H and O–H groups in total. The van der Waals surface area contributed by atoms with Crippen LogP contribution >= 0.6 is 23.2 Å². The molecular formula is C19H22Cl2N2O4. The van der Waals surface area contributed by atoms with Crippen molar-refractivity contribution in [1.29, 1.82) is 0 Å². The molecule has 1 aromatic rings. The zero-order valence-electron chi connectivity index (χ0n) is 15.5. The van der Waals surface area contributed by atoms with Gasteiger partial charge in [0.1, 0.15) is 11.8 Å². The minimum Gasteiger partial charge on any atom is -0.465 e. The molecule has 1 aliphatic heterocycles. The van der Waals surface area contributed by atoms with E-state index >= 15 is 0 Å². The lowest BCUT2D eigenvalue weighted by molar-refractivity contribution is -0.145. The molecule has 8 heteroatoms. The molecule has 0 spiro atoms. The third kappa shape index (κ3) is 5.47. The minimum absolute atomic E-state index is 0.275. The molecule has 1 atom stereocenters. The van der Waals surface area contributed by atoms with Crippen molar-refractivity contribution in [2.75, 3.05) is 24.7 Å². The quantitative estimate of drug-likeness (QED) is 0.515. The van der Waals surface area contributed by atoms with E-state index in [4.69, 9.17) is 32.7 Å². The largest absolute Gasteiger partial charge is 0.465 e. The predicted octanol–water partition coefficient (Wildman–Crippen LogP) is 4.25. The van der Waals surface area contributed by atoms with Gasteiger partial charge in [0, 0.05) is 23.3 Å². The number of ether oxygens (including phenoxy) is 2. The second-order valence-corrected chi connectivity index (χ2v) is 6.69. The zero-order valence-corrected chi connectivity index (χ0v) is 17.0. The van der Waals surface area contributed by atoms with E-state index in [2.05, 4.69) is 4.99 Å². The summed E-state index contributed by atoms with van der Waals surface area (Å²) < 4.78 is 10.1. The molecule has 1 saturated heterocycles. The first-order valence-electron chi connectivity index (χ1n) is 8.70. The number of carbonyl (C=O) groups is 2. The number of allylic oxidation sites excluding steroid dienone is 1. The Kier molecular flexibility index (Phi) is 7.68. The minimum atomic E-state index is -0.540. The lowest BCUT2D eigenvalue weighted by Gasteiger charge is -2.22. The summed E-state index contributed by atoms with van der Waals surface area (Å²) in [5.41, 5.74) is 1.12. The summed E-state index contributed by atoms with van der Waals surface area (Å²) in [6.07, 6.45) is 1.82. The SMILES string of the molecule is CCOC(=O)/C=C(C)\N=C1/C(C(=O)OCC)CCN1c1ccc(Cl)cc1Cl. The number of nitrogens with zero attached hydrogens (tertiary/aromatic N) is 2. The third-order valence-electron chi connectivity index (χ3n) is 3.91. The van der Waals surface area contributed by atoms with Crippen LogP contribution < -0.4 is 4.90 Å². The van der Waals surface area contributed by atoms with Crippen LogP contribution in [0.25, 0.3) is 0 Å². The van der Waals surface area contributed by atoms with E-state index in [9.17, 15) is 9.59 Å². The first-order chi connectivity index (χ1) is 12.9. The third-order valence-corrected chi connectivity index (χ3v) is 4.44. The monoisotopic (exact) mass is 412 g/mol. The summed E-state index contributed by atoms with van der Waals surface area (Å²) in [6, 6.07) is 5.13. The number of amidine groups is 1. The molecule has 6 nitrogen and oxygen atoms in total. The highest BCUT2D eigenvalue weighted by atomic mass is 35.5. The fourth-order valence-corrected chi connectivity index (χ4v) is 3.32. The van der Waals surface area contributed by atoms with Crippen molar-refractivity contribution < 1.29 is 19.1 Å². The molecule has 1 fully saturated rings. The molecule has 0 radical (unpaired) electrons. The molecule has 1 aromatic carbocycles. The van der Waals surface area contributed by atoms with Gasteiger partial charge in [-0.05, 0) is 45.4 Å². The first-order valence-corrected chi connectivity index (χ1v) is 9.45. The Labute approximate surface area is 168 Å². The van der Waals surface area contributed by atoms with Crippen LogP contribution in [0.15, 0.2) is 35.0 Å². The second kappa shape index (κ2) is 9.76. The van der Waals surface area contributed by atoms with Gasteiger partial charge < -0.3 is 14.4 Å². The number of hydrogen-bond donors (Lipinski definition) is 0. The van der Waals surface area contributed by atoms with Crippen molar-refractivity contribution in [2.24, 2.45) is 10.9 Å². The van der Waals surface area contributed by atoms with Gasteiger partial charge in [-0.15, -0.1) is 0 Å². The summed E-state index contributed by atoms with van der Waals surface area (Å²) in [6.45, 7) is 6.25. The van der Waals surface area contributed by atoms with E-state index in [1.807, 2.05) is 4.90 Å². The zero-order chi connectivity index (χ0) is 20.0. The van der Waals surface area contributed by atoms with Crippen LogP contribution in [-0.2, 0) is 19.1 Å². The van der Waals surface area contributed by atoms with E-state index < -0.39 is 11.9 Å². The molecule has 0 bridgehead atoms. The smallest absolute Gasteiger partial charge is 0.332 e. The molecule has 0 amide bonds. The van der Waals surface area contributed by atoms with Gasteiger partial charge in [0.25, 0.3) is 0 Å². The van der Waals surface area contributed by atoms with Gasteiger partial charge >= 0.3 is 11.9 Å². The Hall–Kier alpha value is -2.05. The number of halogens is 2. The lowest BCUT2D eigenvalue weighted by atomic mass is 10.1. The van der Waals surface area contributed by atoms with Crippen LogP contribution in [0.4, 0.5) is 5.69 Å². The predicted molar refractivity (Wildman–Crippen MR) is 106 cm³/mol. The standard InChI is InChI=1S/C19H22Cl2N2O4/c1-4-26-17(24)10-12(3)22-18-14(19(25)27-5-2)8-9-23(18)16-7-6-13(20)11-15(16)21/h6-7,10-11,14H,4-5,8-9H2,1-3H3/b12-10-,22-18+. The van der Waals surface area contributed by atoms with Crippen molar-refractivity contribution in [2.45, 2.75) is 27.2 Å². The highest BCUT2D eigenvalue weighted by molar-refractivity contribution is 6.37. The summed E-state index contributed by atoms with van der Waals surface area (Å²) in [7, 11) is 0. The van der Waals surface area contributed by atoms with Gasteiger partial charge in [0.15, 0.2) is 0 Å². The number of rotatable bonds is 6. The number of esters is 2. The average Bonchev–Trinajstić information content (AvgIpc) is 2.98. The number of anilines is 1. The van der Waals surface area contributed by atoms with E-state index in [-0.39, 0.29) is 19.2 Å². The second-order valence-electron chi connectivity index (χ2n) is 5.85. The van der Waals surface area contributed by atoms with Gasteiger partial charge in [0.05, 0.1) is 23.9 Å². The number of hydrogen-bond acceptors (Lipinski definition) is 5. The number of carbonyl (C=O) groups excluding carboxylic acids is 2. The molecule has 27 heavy (non-hydrogen) atoms. The van der Waals surface area contributed by atoms with Crippen LogP contribution in [0, 0.1) is 5.92 Å². The summed E-state index contributed by atoms with van der Waals surface area (Å²) in [5.74, 6) is -0.896. The maximum atomic E-state index is 12.4. The molecule has 146 valence electrons. The Balaban J connectivity index is 2.42. The van der Waals surface area contributed by atoms with Gasteiger partial charge in [-0.2, -0.15) is 0 Å². The highest BCUT2D eigenvalue weighted by Gasteiger charge is 2.37. The van der Waals surface area contributed by atoms with Crippen molar-refractivity contribution in [3.8, 4) is 0 Å². The molecule has 1 unspecified atom stereocenters. The van der Waals surface area contributed by atoms with E-state index in [0.29, 0.717) is 40.2 Å². The Morgan fingerprint density at radius 3 is 2.59 bits per heavy atom. The number of aliphatic imine (C=N–C) groups is 1. The van der Waals surface area contributed by atoms with Gasteiger partial charge in [0.2, 0.25) is 0 Å². The van der Waals surface area contributed by atoms with Gasteiger partial charge in [-0.1, -0.05) is 23.2 Å². The summed E-state index contributed by atoms with van der Waals surface area (Å²) in [5, 5.41) is 0.966. The van der Waals surface area contributed by atoms with Crippen molar-refractivity contribution in [3.05, 3.63) is 40.0 Å². The molecule has 0 aromatic heterocycles. The number of benzene rings is 1. The van der Waals surface area contributed by atoms with Crippen LogP contribution in [0.3, 0.4) is 0 Å². The fraction of sp³-hybridized carbons (Fsp3) is 0.421. The molecule has 2 rings (SSSR count). The fourth-order valence-electron chi connectivity index (χ4n) is 2.81. The van der Waals surface area contributed by atoms with Crippen LogP contribution in [0.5, 0.6) is 0 Å². The maximum absolute atomic E-state index is 12.4. The lowest BCUT2D eigenvalue weighted by Crippen LogP contribution is -2.32. The van der Waals surface area contributed by atoms with Crippen LogP contribution in [-0.4, -0.2) is 37.5 Å². The maximum Gasteiger partial charge on any atom is 0.332 e. The van der Waals surface area contributed by atoms with E-state index in [0.717, 1.165) is 0 Å². The van der Waals surface area contributed by atoms with E-state index in [1.54, 1.807) is 39.0 Å². The normalized spacial score (nSPS) is 18.7. The van der Waals surface area contributed by atoms with Gasteiger partial charge in [-0.25, -0.2) is 9.79 Å². The molecule has 1 aliphatic rings.